The molecular weight excluding hydrogens is 232 g/mol. The molecule has 1 aliphatic carbocycles. The quantitative estimate of drug-likeness (QED) is 0.820. The molecule has 1 fully saturated rings. The average molecular weight is 253 g/mol. The van der Waals surface area contributed by atoms with Gasteiger partial charge in [0.2, 0.25) is 0 Å². The summed E-state index contributed by atoms with van der Waals surface area (Å²) >= 11 is 6.17. The molecule has 3 heteroatoms. The Labute approximate surface area is 109 Å². The van der Waals surface area contributed by atoms with Gasteiger partial charge in [0.1, 0.15) is 5.82 Å². The minimum atomic E-state index is 0.283. The fourth-order valence-corrected chi connectivity index (χ4v) is 2.93. The number of aryl methyl sites for hydroxylation is 1. The van der Waals surface area contributed by atoms with Crippen LogP contribution in [-0.4, -0.2) is 17.4 Å². The van der Waals surface area contributed by atoms with Gasteiger partial charge in [-0.25, -0.2) is 4.98 Å². The normalized spacial score (nSPS) is 18.9. The lowest BCUT2D eigenvalue weighted by Crippen LogP contribution is -2.34. The highest BCUT2D eigenvalue weighted by atomic mass is 35.5. The summed E-state index contributed by atoms with van der Waals surface area (Å²) in [7, 11) is 0. The molecule has 1 heterocycles. The first-order valence-electron chi connectivity index (χ1n) is 6.47. The summed E-state index contributed by atoms with van der Waals surface area (Å²) < 4.78 is 0. The lowest BCUT2D eigenvalue weighted by molar-refractivity contribution is 0.238. The van der Waals surface area contributed by atoms with Gasteiger partial charge in [-0.1, -0.05) is 19.3 Å². The number of aromatic nitrogens is 1. The predicted octanol–water partition coefficient (Wildman–Crippen LogP) is 3.99. The van der Waals surface area contributed by atoms with Crippen LogP contribution in [-0.2, 0) is 0 Å². The predicted molar refractivity (Wildman–Crippen MR) is 73.7 cm³/mol. The second-order valence-corrected chi connectivity index (χ2v) is 5.53. The van der Waals surface area contributed by atoms with Gasteiger partial charge in [0, 0.05) is 24.0 Å². The smallest absolute Gasteiger partial charge is 0.126 e. The Morgan fingerprint density at radius 2 is 2.12 bits per heavy atom. The maximum atomic E-state index is 6.17. The van der Waals surface area contributed by atoms with E-state index >= 15 is 0 Å². The minimum Gasteiger partial charge on any atom is -0.369 e. The summed E-state index contributed by atoms with van der Waals surface area (Å²) in [4.78, 5) is 4.34. The molecule has 1 aromatic rings. The molecule has 2 rings (SSSR count). The molecule has 1 N–H and O–H groups in total. The van der Waals surface area contributed by atoms with Crippen LogP contribution < -0.4 is 5.32 Å². The highest BCUT2D eigenvalue weighted by Gasteiger charge is 2.30. The van der Waals surface area contributed by atoms with Crippen LogP contribution in [0, 0.1) is 12.3 Å². The second kappa shape index (κ2) is 5.72. The van der Waals surface area contributed by atoms with E-state index in [0.29, 0.717) is 0 Å². The molecule has 17 heavy (non-hydrogen) atoms. The van der Waals surface area contributed by atoms with Gasteiger partial charge < -0.3 is 5.32 Å². The molecule has 0 saturated heterocycles. The SMILES string of the molecule is Cc1ccnc(NCC2(CCl)CCCCC2)c1. The van der Waals surface area contributed by atoms with Gasteiger partial charge in [-0.05, 0) is 37.5 Å². The Kier molecular flexibility index (Phi) is 4.27. The van der Waals surface area contributed by atoms with Crippen molar-refractivity contribution in [1.82, 2.24) is 4.98 Å². The monoisotopic (exact) mass is 252 g/mol. The molecule has 0 spiro atoms. The fourth-order valence-electron chi connectivity index (χ4n) is 2.57. The zero-order valence-electron chi connectivity index (χ0n) is 10.5. The number of rotatable bonds is 4. The van der Waals surface area contributed by atoms with E-state index in [1.54, 1.807) is 0 Å². The van der Waals surface area contributed by atoms with Crippen molar-refractivity contribution < 1.29 is 0 Å². The largest absolute Gasteiger partial charge is 0.369 e. The Morgan fingerprint density at radius 3 is 2.76 bits per heavy atom. The van der Waals surface area contributed by atoms with E-state index in [2.05, 4.69) is 23.3 Å². The number of hydrogen-bond donors (Lipinski definition) is 1. The Balaban J connectivity index is 1.95. The van der Waals surface area contributed by atoms with Crippen molar-refractivity contribution in [2.45, 2.75) is 39.0 Å². The molecule has 0 radical (unpaired) electrons. The third-order valence-corrected chi connectivity index (χ3v) is 4.32. The van der Waals surface area contributed by atoms with E-state index in [-0.39, 0.29) is 5.41 Å². The van der Waals surface area contributed by atoms with Crippen molar-refractivity contribution in [1.29, 1.82) is 0 Å². The lowest BCUT2D eigenvalue weighted by Gasteiger charge is -2.35. The van der Waals surface area contributed by atoms with E-state index in [4.69, 9.17) is 11.6 Å². The van der Waals surface area contributed by atoms with E-state index in [0.717, 1.165) is 18.2 Å². The molecular formula is C14H21ClN2. The first-order valence-corrected chi connectivity index (χ1v) is 7.00. The summed E-state index contributed by atoms with van der Waals surface area (Å²) in [6.45, 7) is 3.04. The van der Waals surface area contributed by atoms with Crippen molar-refractivity contribution >= 4 is 17.4 Å². The van der Waals surface area contributed by atoms with Crippen LogP contribution in [0.4, 0.5) is 5.82 Å². The van der Waals surface area contributed by atoms with Crippen LogP contribution in [0.1, 0.15) is 37.7 Å². The molecule has 94 valence electrons. The van der Waals surface area contributed by atoms with E-state index in [9.17, 15) is 0 Å². The molecule has 2 nitrogen and oxygen atoms in total. The zero-order valence-corrected chi connectivity index (χ0v) is 11.3. The van der Waals surface area contributed by atoms with Crippen molar-refractivity contribution in [2.24, 2.45) is 5.41 Å². The van der Waals surface area contributed by atoms with Gasteiger partial charge in [-0.3, -0.25) is 0 Å². The molecule has 1 aromatic heterocycles. The van der Waals surface area contributed by atoms with Crippen molar-refractivity contribution in [3.05, 3.63) is 23.9 Å². The minimum absolute atomic E-state index is 0.283. The highest BCUT2D eigenvalue weighted by molar-refractivity contribution is 6.18. The van der Waals surface area contributed by atoms with Gasteiger partial charge in [-0.2, -0.15) is 0 Å². The van der Waals surface area contributed by atoms with Crippen LogP contribution in [0.3, 0.4) is 0 Å². The van der Waals surface area contributed by atoms with Crippen LogP contribution in [0.2, 0.25) is 0 Å². The Hall–Kier alpha value is -0.760. The van der Waals surface area contributed by atoms with Crippen LogP contribution in [0.5, 0.6) is 0 Å². The summed E-state index contributed by atoms with van der Waals surface area (Å²) in [5, 5.41) is 3.45. The maximum absolute atomic E-state index is 6.17. The van der Waals surface area contributed by atoms with Crippen LogP contribution >= 0.6 is 11.6 Å². The summed E-state index contributed by atoms with van der Waals surface area (Å²) in [5.41, 5.74) is 1.52. The van der Waals surface area contributed by atoms with Gasteiger partial charge in [0.15, 0.2) is 0 Å². The van der Waals surface area contributed by atoms with Gasteiger partial charge >= 0.3 is 0 Å². The third kappa shape index (κ3) is 3.35. The molecule has 1 saturated carbocycles. The molecule has 0 amide bonds. The fraction of sp³-hybridized carbons (Fsp3) is 0.643. The van der Waals surface area contributed by atoms with Crippen LogP contribution in [0.15, 0.2) is 18.3 Å². The van der Waals surface area contributed by atoms with Gasteiger partial charge in [-0.15, -0.1) is 11.6 Å². The topological polar surface area (TPSA) is 24.9 Å². The molecule has 0 aromatic carbocycles. The molecule has 1 aliphatic rings. The highest BCUT2D eigenvalue weighted by Crippen LogP contribution is 2.37. The van der Waals surface area contributed by atoms with Crippen molar-refractivity contribution in [2.75, 3.05) is 17.7 Å². The molecule has 0 unspecified atom stereocenters. The lowest BCUT2D eigenvalue weighted by atomic mass is 9.75. The number of pyridine rings is 1. The second-order valence-electron chi connectivity index (χ2n) is 5.27. The van der Waals surface area contributed by atoms with Gasteiger partial charge in [0.05, 0.1) is 0 Å². The van der Waals surface area contributed by atoms with E-state index in [1.807, 2.05) is 12.3 Å². The van der Waals surface area contributed by atoms with E-state index < -0.39 is 0 Å². The average Bonchev–Trinajstić information content (AvgIpc) is 2.38. The number of alkyl halides is 1. The summed E-state index contributed by atoms with van der Waals surface area (Å²) in [6.07, 6.45) is 8.34. The third-order valence-electron chi connectivity index (χ3n) is 3.76. The van der Waals surface area contributed by atoms with Crippen molar-refractivity contribution in [3.8, 4) is 0 Å². The van der Waals surface area contributed by atoms with Crippen LogP contribution in [0.25, 0.3) is 0 Å². The molecule has 0 atom stereocenters. The zero-order chi connectivity index (χ0) is 12.1. The Bertz CT molecular complexity index is 359. The first-order chi connectivity index (χ1) is 8.24. The number of nitrogens with zero attached hydrogens (tertiary/aromatic N) is 1. The first kappa shape index (κ1) is 12.7. The summed E-state index contributed by atoms with van der Waals surface area (Å²) in [6, 6.07) is 4.11. The van der Waals surface area contributed by atoms with Crippen molar-refractivity contribution in [3.63, 3.8) is 0 Å². The number of anilines is 1. The summed E-state index contributed by atoms with van der Waals surface area (Å²) in [5.74, 6) is 1.73. The van der Waals surface area contributed by atoms with E-state index in [1.165, 1.54) is 37.7 Å². The number of nitrogens with one attached hydrogen (secondary N) is 1. The molecule has 0 bridgehead atoms. The number of halogens is 1. The molecule has 0 aliphatic heterocycles. The maximum Gasteiger partial charge on any atom is 0.126 e. The van der Waals surface area contributed by atoms with Gasteiger partial charge in [0.25, 0.3) is 0 Å². The standard InChI is InChI=1S/C14H21ClN2/c1-12-5-8-16-13(9-12)17-11-14(10-15)6-3-2-4-7-14/h5,8-9H,2-4,6-7,10-11H2,1H3,(H,16,17). The number of hydrogen-bond acceptors (Lipinski definition) is 2. The Morgan fingerprint density at radius 1 is 1.35 bits per heavy atom.